The minimum atomic E-state index is -1.36. The Kier molecular flexibility index (Phi) is 8.31. The van der Waals surface area contributed by atoms with Crippen LogP contribution in [0.4, 0.5) is 0 Å². The lowest BCUT2D eigenvalue weighted by atomic mass is 9.97. The van der Waals surface area contributed by atoms with Gasteiger partial charge >= 0.3 is 0 Å². The summed E-state index contributed by atoms with van der Waals surface area (Å²) in [7, 11) is 3.06. The molecule has 214 valence electrons. The number of aromatic amines is 2. The van der Waals surface area contributed by atoms with Crippen LogP contribution >= 0.6 is 23.2 Å². The second-order valence-electron chi connectivity index (χ2n) is 9.07. The summed E-state index contributed by atoms with van der Waals surface area (Å²) in [5.74, 6) is 0. The zero-order valence-corrected chi connectivity index (χ0v) is 23.7. The van der Waals surface area contributed by atoms with Gasteiger partial charge in [0.2, 0.25) is 0 Å². The molecule has 5 aromatic rings. The number of H-pyrrole nitrogens is 2. The molecule has 0 saturated carbocycles. The molecular weight excluding hydrogens is 583 g/mol. The van der Waals surface area contributed by atoms with Gasteiger partial charge in [0, 0.05) is 24.1 Å². The summed E-state index contributed by atoms with van der Waals surface area (Å²) in [6, 6.07) is 15.9. The fraction of sp³-hybridized carbons (Fsp3) is 0.143. The molecule has 5 rings (SSSR count). The fourth-order valence-electron chi connectivity index (χ4n) is 4.37. The number of benzene rings is 3. The molecule has 0 aliphatic heterocycles. The van der Waals surface area contributed by atoms with Gasteiger partial charge in [0.25, 0.3) is 11.1 Å². The standard InChI is InChI=1S/C28H24Cl2N8O4/c1-31-37-21(23-27(41)35-19-11-15(29)7-9-17(19)33-23)25(39)13-3-5-14(6-4-13)26(40)22(38-32-2)24-28(42)36-20-12-16(30)8-10-18(20)34-24/h3-12,25-26,31-32,39-40H,1-2H3,(H,35,41)(H,36,42)/b37-21+,38-22+/t25-,26-/m0/s1. The lowest BCUT2D eigenvalue weighted by Crippen LogP contribution is -2.28. The van der Waals surface area contributed by atoms with Crippen molar-refractivity contribution in [3.05, 3.63) is 114 Å². The summed E-state index contributed by atoms with van der Waals surface area (Å²) in [6.07, 6.45) is -2.71. The number of hydrogen-bond donors (Lipinski definition) is 6. The van der Waals surface area contributed by atoms with Gasteiger partial charge in [-0.05, 0) is 47.5 Å². The van der Waals surface area contributed by atoms with Gasteiger partial charge < -0.3 is 31.0 Å². The van der Waals surface area contributed by atoms with E-state index in [-0.39, 0.29) is 22.8 Å². The van der Waals surface area contributed by atoms with E-state index in [4.69, 9.17) is 23.2 Å². The van der Waals surface area contributed by atoms with Crippen molar-refractivity contribution in [2.45, 2.75) is 12.2 Å². The first-order chi connectivity index (χ1) is 20.2. The molecule has 2 aromatic heterocycles. The molecule has 42 heavy (non-hydrogen) atoms. The highest BCUT2D eigenvalue weighted by molar-refractivity contribution is 6.31. The number of aromatic nitrogens is 4. The molecule has 0 unspecified atom stereocenters. The van der Waals surface area contributed by atoms with E-state index >= 15 is 0 Å². The number of aliphatic hydroxyl groups excluding tert-OH is 2. The fourth-order valence-corrected chi connectivity index (χ4v) is 4.71. The molecule has 12 nitrogen and oxygen atoms in total. The molecular formula is C28H24Cl2N8O4. The summed E-state index contributed by atoms with van der Waals surface area (Å²) < 4.78 is 0. The van der Waals surface area contributed by atoms with E-state index in [2.05, 4.69) is 41.0 Å². The number of halogens is 2. The highest BCUT2D eigenvalue weighted by atomic mass is 35.5. The molecule has 0 amide bonds. The van der Waals surface area contributed by atoms with E-state index in [0.29, 0.717) is 43.2 Å². The van der Waals surface area contributed by atoms with Crippen LogP contribution in [0, 0.1) is 0 Å². The van der Waals surface area contributed by atoms with Gasteiger partial charge in [-0.1, -0.05) is 47.5 Å². The van der Waals surface area contributed by atoms with Crippen LogP contribution in [0.3, 0.4) is 0 Å². The Hall–Kier alpha value is -4.62. The first kappa shape index (κ1) is 28.9. The molecule has 0 radical (unpaired) electrons. The second kappa shape index (κ2) is 12.1. The van der Waals surface area contributed by atoms with Gasteiger partial charge in [-0.25, -0.2) is 9.97 Å². The van der Waals surface area contributed by atoms with Crippen LogP contribution in [0.1, 0.15) is 34.7 Å². The molecule has 0 fully saturated rings. The molecule has 0 spiro atoms. The maximum atomic E-state index is 12.9. The van der Waals surface area contributed by atoms with Gasteiger partial charge in [-0.2, -0.15) is 10.2 Å². The third kappa shape index (κ3) is 5.74. The van der Waals surface area contributed by atoms with Gasteiger partial charge in [-0.3, -0.25) is 9.59 Å². The lowest BCUT2D eigenvalue weighted by Gasteiger charge is -2.17. The van der Waals surface area contributed by atoms with Gasteiger partial charge in [0.15, 0.2) is 11.4 Å². The number of nitrogens with zero attached hydrogens (tertiary/aromatic N) is 4. The molecule has 6 N–H and O–H groups in total. The maximum absolute atomic E-state index is 12.9. The van der Waals surface area contributed by atoms with Crippen molar-refractivity contribution >= 4 is 56.7 Å². The Morgan fingerprint density at radius 3 is 1.45 bits per heavy atom. The number of hydrazone groups is 2. The predicted octanol–water partition coefficient (Wildman–Crippen LogP) is 2.78. The molecule has 3 aromatic carbocycles. The SMILES string of the molecule is CN/N=C(\c1nc2ccc(Cl)cc2[nH]c1=O)[C@@H](O)c1ccc([C@H](O)/C(=N/NC)c2nc3ccc(Cl)cc3[nH]c2=O)cc1. The topological polar surface area (TPSA) is 181 Å². The Morgan fingerprint density at radius 1 is 0.714 bits per heavy atom. The average Bonchev–Trinajstić information content (AvgIpc) is 2.97. The number of fused-ring (bicyclic) bond motifs is 2. The third-order valence-electron chi connectivity index (χ3n) is 6.34. The number of rotatable bonds is 8. The van der Waals surface area contributed by atoms with Crippen molar-refractivity contribution in [1.82, 2.24) is 30.8 Å². The molecule has 2 atom stereocenters. The Balaban J connectivity index is 1.47. The van der Waals surface area contributed by atoms with Crippen molar-refractivity contribution < 1.29 is 10.2 Å². The van der Waals surface area contributed by atoms with Crippen molar-refractivity contribution in [2.24, 2.45) is 10.2 Å². The molecule has 0 aliphatic rings. The first-order valence-corrected chi connectivity index (χ1v) is 13.3. The quantitative estimate of drug-likeness (QED) is 0.115. The van der Waals surface area contributed by atoms with Crippen LogP contribution in [-0.4, -0.2) is 55.7 Å². The van der Waals surface area contributed by atoms with E-state index in [9.17, 15) is 19.8 Å². The number of aliphatic hydroxyl groups is 2. The van der Waals surface area contributed by atoms with Crippen molar-refractivity contribution in [1.29, 1.82) is 0 Å². The summed E-state index contributed by atoms with van der Waals surface area (Å²) >= 11 is 12.0. The van der Waals surface area contributed by atoms with Crippen molar-refractivity contribution in [3.8, 4) is 0 Å². The predicted molar refractivity (Wildman–Crippen MR) is 162 cm³/mol. The van der Waals surface area contributed by atoms with Gasteiger partial charge in [-0.15, -0.1) is 0 Å². The Morgan fingerprint density at radius 2 is 1.10 bits per heavy atom. The van der Waals surface area contributed by atoms with Gasteiger partial charge in [0.05, 0.1) is 22.1 Å². The van der Waals surface area contributed by atoms with Gasteiger partial charge in [0.1, 0.15) is 23.6 Å². The lowest BCUT2D eigenvalue weighted by molar-refractivity contribution is 0.243. The first-order valence-electron chi connectivity index (χ1n) is 12.5. The van der Waals surface area contributed by atoms with Crippen molar-refractivity contribution in [2.75, 3.05) is 14.1 Å². The van der Waals surface area contributed by atoms with E-state index in [1.807, 2.05) is 0 Å². The molecule has 0 aliphatic carbocycles. The molecule has 0 saturated heterocycles. The molecule has 14 heteroatoms. The van der Waals surface area contributed by atoms with Crippen LogP contribution in [0.2, 0.25) is 10.0 Å². The second-order valence-corrected chi connectivity index (χ2v) is 9.94. The van der Waals surface area contributed by atoms with Crippen LogP contribution in [0.5, 0.6) is 0 Å². The summed E-state index contributed by atoms with van der Waals surface area (Å²) in [6.45, 7) is 0. The van der Waals surface area contributed by atoms with E-state index in [1.54, 1.807) is 60.7 Å². The molecule has 2 heterocycles. The van der Waals surface area contributed by atoms with Crippen LogP contribution in [-0.2, 0) is 0 Å². The summed E-state index contributed by atoms with van der Waals surface area (Å²) in [5, 5.41) is 31.6. The maximum Gasteiger partial charge on any atom is 0.276 e. The zero-order chi connectivity index (χ0) is 30.0. The highest BCUT2D eigenvalue weighted by Gasteiger charge is 2.25. The zero-order valence-electron chi connectivity index (χ0n) is 22.2. The number of nitrogens with one attached hydrogen (secondary N) is 4. The van der Waals surface area contributed by atoms with Crippen LogP contribution in [0.25, 0.3) is 22.1 Å². The highest BCUT2D eigenvalue weighted by Crippen LogP contribution is 2.24. The normalized spacial score (nSPS) is 13.8. The smallest absolute Gasteiger partial charge is 0.276 e. The Labute approximate surface area is 247 Å². The average molecular weight is 607 g/mol. The van der Waals surface area contributed by atoms with E-state index < -0.39 is 23.3 Å². The van der Waals surface area contributed by atoms with E-state index in [0.717, 1.165) is 0 Å². The largest absolute Gasteiger partial charge is 0.382 e. The third-order valence-corrected chi connectivity index (χ3v) is 6.81. The van der Waals surface area contributed by atoms with Crippen LogP contribution in [0.15, 0.2) is 80.5 Å². The Bertz CT molecular complexity index is 1830. The van der Waals surface area contributed by atoms with E-state index in [1.165, 1.54) is 14.1 Å². The van der Waals surface area contributed by atoms with Crippen LogP contribution < -0.4 is 22.0 Å². The van der Waals surface area contributed by atoms with Crippen molar-refractivity contribution in [3.63, 3.8) is 0 Å². The minimum absolute atomic E-state index is 0.0201. The summed E-state index contributed by atoms with van der Waals surface area (Å²) in [4.78, 5) is 39.9. The summed E-state index contributed by atoms with van der Waals surface area (Å²) in [5.41, 5.74) is 6.41. The molecule has 0 bridgehead atoms. The minimum Gasteiger partial charge on any atom is -0.382 e. The monoisotopic (exact) mass is 606 g/mol. The number of hydrogen-bond acceptors (Lipinski definition) is 10.